The zero-order valence-electron chi connectivity index (χ0n) is 7.52. The summed E-state index contributed by atoms with van der Waals surface area (Å²) in [6, 6.07) is 2.15. The third kappa shape index (κ3) is 4.38. The molecule has 0 rings (SSSR count). The molecule has 60 valence electrons. The van der Waals surface area contributed by atoms with Crippen LogP contribution in [-0.4, -0.2) is 0 Å². The van der Waals surface area contributed by atoms with E-state index in [1.54, 1.807) is 0 Å². The molecule has 0 aliphatic carbocycles. The molecule has 1 nitrogen and oxygen atoms in total. The second-order valence-corrected chi connectivity index (χ2v) is 2.62. The first kappa shape index (κ1) is 9.97. The first-order valence-corrected chi connectivity index (χ1v) is 3.90. The van der Waals surface area contributed by atoms with E-state index in [0.29, 0.717) is 0 Å². The Hall–Kier alpha value is -1.03. The third-order valence-electron chi connectivity index (χ3n) is 1.73. The van der Waals surface area contributed by atoms with Crippen molar-refractivity contribution in [3.05, 3.63) is 23.3 Å². The number of allylic oxidation sites excluding steroid dienone is 4. The van der Waals surface area contributed by atoms with Gasteiger partial charge in [0.15, 0.2) is 0 Å². The molecule has 0 N–H and O–H groups in total. The van der Waals surface area contributed by atoms with Crippen molar-refractivity contribution in [3.8, 4) is 6.07 Å². The van der Waals surface area contributed by atoms with E-state index < -0.39 is 0 Å². The first-order valence-electron chi connectivity index (χ1n) is 3.90. The molecule has 11 heavy (non-hydrogen) atoms. The predicted molar refractivity (Wildman–Crippen MR) is 48.0 cm³/mol. The Morgan fingerprint density at radius 2 is 2.09 bits per heavy atom. The molecule has 0 unspecified atom stereocenters. The second kappa shape index (κ2) is 5.73. The van der Waals surface area contributed by atoms with Crippen molar-refractivity contribution in [2.24, 2.45) is 0 Å². The Morgan fingerprint density at radius 1 is 1.45 bits per heavy atom. The summed E-state index contributed by atoms with van der Waals surface area (Å²) < 4.78 is 0. The Morgan fingerprint density at radius 3 is 2.55 bits per heavy atom. The van der Waals surface area contributed by atoms with Gasteiger partial charge in [-0.2, -0.15) is 5.26 Å². The van der Waals surface area contributed by atoms with Gasteiger partial charge in [-0.1, -0.05) is 17.7 Å². The van der Waals surface area contributed by atoms with E-state index in [1.165, 1.54) is 5.57 Å². The Labute approximate surface area is 69.0 Å². The van der Waals surface area contributed by atoms with Gasteiger partial charge in [0.1, 0.15) is 0 Å². The van der Waals surface area contributed by atoms with E-state index in [4.69, 9.17) is 5.26 Å². The molecule has 0 amide bonds. The van der Waals surface area contributed by atoms with Gasteiger partial charge in [-0.3, -0.25) is 0 Å². The summed E-state index contributed by atoms with van der Waals surface area (Å²) in [5, 5.41) is 8.54. The van der Waals surface area contributed by atoms with Gasteiger partial charge in [-0.05, 0) is 33.6 Å². The summed E-state index contributed by atoms with van der Waals surface area (Å²) in [6.45, 7) is 5.89. The van der Waals surface area contributed by atoms with Gasteiger partial charge in [-0.25, -0.2) is 0 Å². The van der Waals surface area contributed by atoms with Crippen molar-refractivity contribution in [2.45, 2.75) is 33.6 Å². The van der Waals surface area contributed by atoms with Crippen LogP contribution >= 0.6 is 0 Å². The van der Waals surface area contributed by atoms with Crippen LogP contribution in [0.5, 0.6) is 0 Å². The summed E-state index contributed by atoms with van der Waals surface area (Å²) in [5.74, 6) is 0. The van der Waals surface area contributed by atoms with Gasteiger partial charge in [0.25, 0.3) is 0 Å². The van der Waals surface area contributed by atoms with Gasteiger partial charge < -0.3 is 0 Å². The molecule has 1 heteroatoms. The smallest absolute Gasteiger partial charge is 0.0943 e. The SMILES string of the molecule is C/C=C/CC/C(C)=C(\C)C#N. The second-order valence-electron chi connectivity index (χ2n) is 2.62. The van der Waals surface area contributed by atoms with Crippen LogP contribution in [-0.2, 0) is 0 Å². The fraction of sp³-hybridized carbons (Fsp3) is 0.500. The molecule has 0 aromatic rings. The summed E-state index contributed by atoms with van der Waals surface area (Å²) in [7, 11) is 0. The number of rotatable bonds is 3. The molecule has 0 aliphatic rings. The van der Waals surface area contributed by atoms with Crippen molar-refractivity contribution >= 4 is 0 Å². The molecular formula is C10H15N. The van der Waals surface area contributed by atoms with E-state index in [2.05, 4.69) is 12.1 Å². The van der Waals surface area contributed by atoms with Crippen LogP contribution in [0.4, 0.5) is 0 Å². The van der Waals surface area contributed by atoms with Crippen LogP contribution < -0.4 is 0 Å². The highest BCUT2D eigenvalue weighted by molar-refractivity contribution is 5.24. The lowest BCUT2D eigenvalue weighted by atomic mass is 10.1. The van der Waals surface area contributed by atoms with Crippen molar-refractivity contribution in [3.63, 3.8) is 0 Å². The minimum absolute atomic E-state index is 0.856. The Balaban J connectivity index is 3.88. The van der Waals surface area contributed by atoms with Gasteiger partial charge >= 0.3 is 0 Å². The molecule has 0 aromatic carbocycles. The van der Waals surface area contributed by atoms with E-state index in [0.717, 1.165) is 18.4 Å². The minimum atomic E-state index is 0.856. The molecule has 0 spiro atoms. The number of nitriles is 1. The number of nitrogens with zero attached hydrogens (tertiary/aromatic N) is 1. The van der Waals surface area contributed by atoms with Crippen LogP contribution in [0.25, 0.3) is 0 Å². The summed E-state index contributed by atoms with van der Waals surface area (Å²) in [6.07, 6.45) is 6.20. The Bertz CT molecular complexity index is 203. The average Bonchev–Trinajstić information content (AvgIpc) is 2.03. The maximum absolute atomic E-state index is 8.54. The van der Waals surface area contributed by atoms with Gasteiger partial charge in [0, 0.05) is 5.57 Å². The summed E-state index contributed by atoms with van der Waals surface area (Å²) in [5.41, 5.74) is 2.06. The Kier molecular flexibility index (Phi) is 5.20. The molecule has 0 radical (unpaired) electrons. The van der Waals surface area contributed by atoms with Crippen molar-refractivity contribution in [2.75, 3.05) is 0 Å². The third-order valence-corrected chi connectivity index (χ3v) is 1.73. The highest BCUT2D eigenvalue weighted by Gasteiger charge is 1.92. The molecule has 0 atom stereocenters. The predicted octanol–water partition coefficient (Wildman–Crippen LogP) is 3.20. The summed E-state index contributed by atoms with van der Waals surface area (Å²) >= 11 is 0. The molecular weight excluding hydrogens is 134 g/mol. The van der Waals surface area contributed by atoms with Crippen LogP contribution in [0.3, 0.4) is 0 Å². The highest BCUT2D eigenvalue weighted by atomic mass is 14.2. The normalized spacial score (nSPS) is 12.9. The van der Waals surface area contributed by atoms with E-state index >= 15 is 0 Å². The molecule has 0 fully saturated rings. The number of hydrogen-bond acceptors (Lipinski definition) is 1. The van der Waals surface area contributed by atoms with Crippen molar-refractivity contribution in [1.29, 1.82) is 5.26 Å². The first-order chi connectivity index (χ1) is 5.22. The standard InChI is InChI=1S/C10H15N/c1-4-5-6-7-9(2)10(3)8-11/h4-5H,6-7H2,1-3H3/b5-4+,10-9+. The maximum atomic E-state index is 8.54. The quantitative estimate of drug-likeness (QED) is 0.446. The van der Waals surface area contributed by atoms with Gasteiger partial charge in [0.2, 0.25) is 0 Å². The maximum Gasteiger partial charge on any atom is 0.0943 e. The highest BCUT2D eigenvalue weighted by Crippen LogP contribution is 2.09. The number of hydrogen-bond donors (Lipinski definition) is 0. The fourth-order valence-electron chi connectivity index (χ4n) is 0.749. The van der Waals surface area contributed by atoms with Crippen LogP contribution in [0.1, 0.15) is 33.6 Å². The lowest BCUT2D eigenvalue weighted by molar-refractivity contribution is 0.962. The minimum Gasteiger partial charge on any atom is -0.193 e. The zero-order chi connectivity index (χ0) is 8.69. The topological polar surface area (TPSA) is 23.8 Å². The van der Waals surface area contributed by atoms with E-state index in [1.807, 2.05) is 26.8 Å². The fourth-order valence-corrected chi connectivity index (χ4v) is 0.749. The van der Waals surface area contributed by atoms with E-state index in [-0.39, 0.29) is 0 Å². The lowest BCUT2D eigenvalue weighted by Gasteiger charge is -1.97. The van der Waals surface area contributed by atoms with Crippen LogP contribution in [0.2, 0.25) is 0 Å². The lowest BCUT2D eigenvalue weighted by Crippen LogP contribution is -1.80. The van der Waals surface area contributed by atoms with Crippen molar-refractivity contribution in [1.82, 2.24) is 0 Å². The summed E-state index contributed by atoms with van der Waals surface area (Å²) in [4.78, 5) is 0. The molecule has 0 saturated carbocycles. The van der Waals surface area contributed by atoms with E-state index in [9.17, 15) is 0 Å². The van der Waals surface area contributed by atoms with Crippen molar-refractivity contribution < 1.29 is 0 Å². The van der Waals surface area contributed by atoms with Gasteiger partial charge in [-0.15, -0.1) is 0 Å². The van der Waals surface area contributed by atoms with Crippen LogP contribution in [0.15, 0.2) is 23.3 Å². The molecule has 0 heterocycles. The monoisotopic (exact) mass is 149 g/mol. The molecule has 0 saturated heterocycles. The average molecular weight is 149 g/mol. The molecule has 0 aromatic heterocycles. The van der Waals surface area contributed by atoms with Gasteiger partial charge in [0.05, 0.1) is 6.07 Å². The largest absolute Gasteiger partial charge is 0.193 e. The molecule has 0 bridgehead atoms. The molecule has 0 aliphatic heterocycles. The zero-order valence-corrected chi connectivity index (χ0v) is 7.52. The van der Waals surface area contributed by atoms with Crippen LogP contribution in [0, 0.1) is 11.3 Å².